The maximum Gasteiger partial charge on any atom is 0.448 e. The molecule has 0 saturated carbocycles. The fourth-order valence-electron chi connectivity index (χ4n) is 1.12. The lowest BCUT2D eigenvalue weighted by atomic mass is 10.2. The van der Waals surface area contributed by atoms with Crippen LogP contribution in [-0.4, -0.2) is 41.0 Å². The van der Waals surface area contributed by atoms with E-state index in [1.165, 1.54) is 17.6 Å². The first kappa shape index (κ1) is 14.9. The predicted molar refractivity (Wildman–Crippen MR) is 54.7 cm³/mol. The lowest BCUT2D eigenvalue weighted by Gasteiger charge is -2.28. The van der Waals surface area contributed by atoms with Crippen molar-refractivity contribution in [1.82, 2.24) is 10.3 Å². The average molecular weight is 278 g/mol. The van der Waals surface area contributed by atoms with E-state index in [0.29, 0.717) is 7.11 Å². The second kappa shape index (κ2) is 5.22. The number of pyridine rings is 1. The third-order valence-corrected chi connectivity index (χ3v) is 2.11. The van der Waals surface area contributed by atoms with Gasteiger partial charge in [0.25, 0.3) is 5.91 Å². The Kier molecular flexibility index (Phi) is 4.10. The first-order chi connectivity index (χ1) is 8.72. The highest BCUT2D eigenvalue weighted by molar-refractivity contribution is 5.97. The Morgan fingerprint density at radius 3 is 2.47 bits per heavy atom. The molecule has 1 aromatic heterocycles. The zero-order valence-electron chi connectivity index (χ0n) is 9.56. The Hall–Kier alpha value is -2.16. The summed E-state index contributed by atoms with van der Waals surface area (Å²) in [5.41, 5.74) is -4.37. The van der Waals surface area contributed by atoms with Gasteiger partial charge in [-0.05, 0) is 12.1 Å². The van der Waals surface area contributed by atoms with E-state index < -0.39 is 23.8 Å². The van der Waals surface area contributed by atoms with E-state index in [4.69, 9.17) is 0 Å². The molecule has 1 aromatic rings. The monoisotopic (exact) mass is 278 g/mol. The van der Waals surface area contributed by atoms with Gasteiger partial charge in [-0.2, -0.15) is 13.2 Å². The Labute approximate surface area is 105 Å². The van der Waals surface area contributed by atoms with Crippen molar-refractivity contribution in [1.29, 1.82) is 0 Å². The van der Waals surface area contributed by atoms with Gasteiger partial charge < -0.3 is 15.2 Å². The van der Waals surface area contributed by atoms with Gasteiger partial charge in [-0.3, -0.25) is 9.78 Å². The van der Waals surface area contributed by atoms with Crippen LogP contribution >= 0.6 is 0 Å². The van der Waals surface area contributed by atoms with Crippen molar-refractivity contribution in [3.63, 3.8) is 0 Å². The maximum atomic E-state index is 12.6. The van der Waals surface area contributed by atoms with Crippen molar-refractivity contribution in [3.8, 4) is 0 Å². The highest BCUT2D eigenvalue weighted by atomic mass is 19.4. The minimum Gasteiger partial charge on any atom is -0.465 e. The third-order valence-electron chi connectivity index (χ3n) is 2.11. The Morgan fingerprint density at radius 2 is 2.05 bits per heavy atom. The van der Waals surface area contributed by atoms with E-state index in [9.17, 15) is 27.9 Å². The lowest BCUT2D eigenvalue weighted by Crippen LogP contribution is -2.64. The van der Waals surface area contributed by atoms with Crippen LogP contribution in [0.3, 0.4) is 0 Å². The van der Waals surface area contributed by atoms with Gasteiger partial charge in [0, 0.05) is 12.4 Å². The first-order valence-electron chi connectivity index (χ1n) is 4.82. The van der Waals surface area contributed by atoms with Crippen molar-refractivity contribution in [3.05, 3.63) is 30.1 Å². The minimum absolute atomic E-state index is 0.255. The third kappa shape index (κ3) is 2.99. The lowest BCUT2D eigenvalue weighted by molar-refractivity contribution is -0.268. The molecule has 0 aliphatic rings. The number of hydrogen-bond donors (Lipinski definition) is 2. The molecule has 6 nitrogen and oxygen atoms in total. The molecule has 0 radical (unpaired) electrons. The van der Waals surface area contributed by atoms with Crippen molar-refractivity contribution < 1.29 is 32.6 Å². The number of aromatic nitrogens is 1. The summed E-state index contributed by atoms with van der Waals surface area (Å²) < 4.78 is 41.7. The molecule has 0 saturated heterocycles. The van der Waals surface area contributed by atoms with Crippen molar-refractivity contribution in [2.45, 2.75) is 11.9 Å². The van der Waals surface area contributed by atoms with Gasteiger partial charge in [-0.15, -0.1) is 0 Å². The number of esters is 1. The van der Waals surface area contributed by atoms with E-state index in [1.54, 1.807) is 0 Å². The molecule has 19 heavy (non-hydrogen) atoms. The largest absolute Gasteiger partial charge is 0.465 e. The van der Waals surface area contributed by atoms with Gasteiger partial charge >= 0.3 is 17.9 Å². The minimum atomic E-state index is -5.43. The molecule has 1 atom stereocenters. The number of halogens is 3. The number of nitrogens with one attached hydrogen (secondary N) is 1. The molecule has 1 unspecified atom stereocenters. The van der Waals surface area contributed by atoms with E-state index in [-0.39, 0.29) is 5.56 Å². The van der Waals surface area contributed by atoms with Crippen LogP contribution in [0.5, 0.6) is 0 Å². The maximum absolute atomic E-state index is 12.6. The van der Waals surface area contributed by atoms with Crippen LogP contribution in [0.1, 0.15) is 10.4 Å². The number of carbonyl (C=O) groups excluding carboxylic acids is 2. The fraction of sp³-hybridized carbons (Fsp3) is 0.300. The van der Waals surface area contributed by atoms with Gasteiger partial charge in [-0.25, -0.2) is 4.79 Å². The Bertz CT molecular complexity index is 477. The van der Waals surface area contributed by atoms with Crippen LogP contribution in [0.25, 0.3) is 0 Å². The van der Waals surface area contributed by atoms with E-state index >= 15 is 0 Å². The topological polar surface area (TPSA) is 88.5 Å². The van der Waals surface area contributed by atoms with Crippen LogP contribution < -0.4 is 5.32 Å². The second-order valence-corrected chi connectivity index (χ2v) is 3.40. The Morgan fingerprint density at radius 1 is 1.42 bits per heavy atom. The molecule has 1 heterocycles. The zero-order chi connectivity index (χ0) is 14.7. The number of nitrogens with zero attached hydrogens (tertiary/aromatic N) is 1. The molecule has 0 spiro atoms. The summed E-state index contributed by atoms with van der Waals surface area (Å²) in [6, 6.07) is 2.47. The Balaban J connectivity index is 3.04. The van der Waals surface area contributed by atoms with Crippen molar-refractivity contribution in [2.75, 3.05) is 7.11 Å². The number of rotatable bonds is 3. The molecule has 9 heteroatoms. The van der Waals surface area contributed by atoms with Crippen LogP contribution in [0.2, 0.25) is 0 Å². The summed E-state index contributed by atoms with van der Waals surface area (Å²) in [5.74, 6) is -3.37. The number of amides is 1. The van der Waals surface area contributed by atoms with Crippen LogP contribution in [0.4, 0.5) is 13.2 Å². The van der Waals surface area contributed by atoms with Gasteiger partial charge in [0.15, 0.2) is 0 Å². The molecule has 0 aliphatic heterocycles. The summed E-state index contributed by atoms with van der Waals surface area (Å²) >= 11 is 0. The summed E-state index contributed by atoms with van der Waals surface area (Å²) in [7, 11) is 0.648. The molecule has 104 valence electrons. The summed E-state index contributed by atoms with van der Waals surface area (Å²) in [5, 5.41) is 10.5. The van der Waals surface area contributed by atoms with E-state index in [0.717, 1.165) is 12.3 Å². The predicted octanol–water partition coefficient (Wildman–Crippen LogP) is 0.235. The highest BCUT2D eigenvalue weighted by Gasteiger charge is 2.62. The molecular formula is C10H9F3N2O4. The molecule has 0 fully saturated rings. The van der Waals surface area contributed by atoms with Gasteiger partial charge in [0.1, 0.15) is 0 Å². The number of hydrogen-bond acceptors (Lipinski definition) is 5. The molecule has 1 rings (SSSR count). The molecule has 2 N–H and O–H groups in total. The van der Waals surface area contributed by atoms with Crippen molar-refractivity contribution in [2.24, 2.45) is 0 Å². The van der Waals surface area contributed by atoms with Gasteiger partial charge in [-0.1, -0.05) is 0 Å². The standard InChI is InChI=1S/C10H9F3N2O4/c1-19-8(17)9(18,10(11,12)13)15-7(16)6-3-2-4-14-5-6/h2-5,18H,1H3,(H,15,16). The molecule has 0 aromatic carbocycles. The number of alkyl halides is 3. The smallest absolute Gasteiger partial charge is 0.448 e. The number of methoxy groups -OCH3 is 1. The summed E-state index contributed by atoms with van der Waals surface area (Å²) in [6.45, 7) is 0. The number of aliphatic hydroxyl groups is 1. The first-order valence-corrected chi connectivity index (χ1v) is 4.82. The van der Waals surface area contributed by atoms with Crippen molar-refractivity contribution >= 4 is 11.9 Å². The van der Waals surface area contributed by atoms with Crippen LogP contribution in [0.15, 0.2) is 24.5 Å². The quantitative estimate of drug-likeness (QED) is 0.610. The number of carbonyl (C=O) groups is 2. The normalized spacial score (nSPS) is 14.4. The summed E-state index contributed by atoms with van der Waals surface area (Å²) in [4.78, 5) is 26.1. The highest BCUT2D eigenvalue weighted by Crippen LogP contribution is 2.29. The van der Waals surface area contributed by atoms with Crippen LogP contribution in [-0.2, 0) is 9.53 Å². The van der Waals surface area contributed by atoms with Gasteiger partial charge in [0.2, 0.25) is 0 Å². The average Bonchev–Trinajstić information content (AvgIpc) is 2.37. The number of ether oxygens (including phenoxy) is 1. The summed E-state index contributed by atoms with van der Waals surface area (Å²) in [6.07, 6.45) is -3.16. The molecule has 0 aliphatic carbocycles. The molecule has 1 amide bonds. The second-order valence-electron chi connectivity index (χ2n) is 3.40. The van der Waals surface area contributed by atoms with Crippen LogP contribution in [0, 0.1) is 0 Å². The zero-order valence-corrected chi connectivity index (χ0v) is 9.56. The van der Waals surface area contributed by atoms with E-state index in [2.05, 4.69) is 9.72 Å². The fourth-order valence-corrected chi connectivity index (χ4v) is 1.12. The SMILES string of the molecule is COC(=O)C(O)(NC(=O)c1cccnc1)C(F)(F)F. The van der Waals surface area contributed by atoms with Gasteiger partial charge in [0.05, 0.1) is 12.7 Å². The van der Waals surface area contributed by atoms with E-state index in [1.807, 2.05) is 0 Å². The molecule has 0 bridgehead atoms. The molecular weight excluding hydrogens is 269 g/mol.